The van der Waals surface area contributed by atoms with Crippen LogP contribution < -0.4 is 4.50 Å². The molecule has 0 spiro atoms. The highest BCUT2D eigenvalue weighted by Gasteiger charge is 1.94. The van der Waals surface area contributed by atoms with Crippen LogP contribution in [0.3, 0.4) is 0 Å². The quantitative estimate of drug-likeness (QED) is 0.491. The van der Waals surface area contributed by atoms with Crippen LogP contribution in [0, 0.1) is 0 Å². The molecule has 0 aliphatic rings. The van der Waals surface area contributed by atoms with E-state index in [9.17, 15) is 0 Å². The first-order chi connectivity index (χ1) is 5.33. The van der Waals surface area contributed by atoms with E-state index < -0.39 is 0 Å². The van der Waals surface area contributed by atoms with Crippen molar-refractivity contribution in [2.45, 2.75) is 32.6 Å². The predicted molar refractivity (Wildman–Crippen MR) is 57.1 cm³/mol. The second-order valence-corrected chi connectivity index (χ2v) is 6.14. The first-order valence-corrected chi connectivity index (χ1v) is 6.20. The van der Waals surface area contributed by atoms with E-state index in [1.54, 1.807) is 9.38 Å². The predicted octanol–water partition coefficient (Wildman–Crippen LogP) is 1.47. The van der Waals surface area contributed by atoms with Gasteiger partial charge in [0, 0.05) is 4.88 Å². The summed E-state index contributed by atoms with van der Waals surface area (Å²) in [4.78, 5) is 1.59. The maximum atomic E-state index is 2.29. The fourth-order valence-electron chi connectivity index (χ4n) is 1.17. The van der Waals surface area contributed by atoms with Gasteiger partial charge >= 0.3 is 0 Å². The van der Waals surface area contributed by atoms with Gasteiger partial charge in [0.15, 0.2) is 0 Å². The summed E-state index contributed by atoms with van der Waals surface area (Å²) in [6.45, 7) is 2.26. The van der Waals surface area contributed by atoms with Crippen molar-refractivity contribution in [3.63, 3.8) is 0 Å². The van der Waals surface area contributed by atoms with Crippen LogP contribution in [0.4, 0.5) is 0 Å². The molecule has 0 saturated carbocycles. The van der Waals surface area contributed by atoms with E-state index in [-0.39, 0.29) is 0 Å². The van der Waals surface area contributed by atoms with Crippen molar-refractivity contribution in [3.05, 3.63) is 17.0 Å². The van der Waals surface area contributed by atoms with Crippen LogP contribution >= 0.6 is 11.3 Å². The zero-order valence-electron chi connectivity index (χ0n) is 7.39. The average Bonchev–Trinajstić information content (AvgIpc) is 2.37. The van der Waals surface area contributed by atoms with Crippen molar-refractivity contribution in [2.24, 2.45) is 0 Å². The molecule has 62 valence electrons. The molecule has 0 amide bonds. The summed E-state index contributed by atoms with van der Waals surface area (Å²) in [6.07, 6.45) is 5.40. The molecule has 0 N–H and O–H groups in total. The molecular weight excluding hydrogens is 168 g/mol. The van der Waals surface area contributed by atoms with Crippen LogP contribution in [0.1, 0.15) is 31.1 Å². The molecule has 0 aliphatic heterocycles. The number of thiophene rings is 1. The van der Waals surface area contributed by atoms with Gasteiger partial charge in [0.2, 0.25) is 0 Å². The molecule has 2 heteroatoms. The Balaban J connectivity index is 2.27. The number of unbranched alkanes of at least 4 members (excludes halogenated alkanes) is 2. The zero-order chi connectivity index (χ0) is 8.10. The summed E-state index contributed by atoms with van der Waals surface area (Å²) >= 11 is 2.00. The highest BCUT2D eigenvalue weighted by molar-refractivity contribution is 7.20. The fourth-order valence-corrected chi connectivity index (χ4v) is 3.05. The van der Waals surface area contributed by atoms with E-state index in [2.05, 4.69) is 19.1 Å². The SMILES string of the molecule is CCCCCc1ccc([SiH3])s1. The second kappa shape index (κ2) is 4.73. The molecule has 1 aromatic heterocycles. The maximum absolute atomic E-state index is 2.29. The average molecular weight is 184 g/mol. The van der Waals surface area contributed by atoms with Crippen LogP contribution in [0.25, 0.3) is 0 Å². The number of rotatable bonds is 4. The Hall–Kier alpha value is -0.0831. The van der Waals surface area contributed by atoms with E-state index in [1.807, 2.05) is 11.3 Å². The Morgan fingerprint density at radius 2 is 2.18 bits per heavy atom. The van der Waals surface area contributed by atoms with Gasteiger partial charge in [0.05, 0.1) is 10.2 Å². The summed E-state index contributed by atoms with van der Waals surface area (Å²) in [5.41, 5.74) is 0. The van der Waals surface area contributed by atoms with E-state index >= 15 is 0 Å². The lowest BCUT2D eigenvalue weighted by atomic mass is 10.2. The molecule has 1 rings (SSSR count). The molecule has 0 atom stereocenters. The van der Waals surface area contributed by atoms with E-state index in [0.29, 0.717) is 0 Å². The van der Waals surface area contributed by atoms with E-state index in [4.69, 9.17) is 0 Å². The highest BCUT2D eigenvalue weighted by Crippen LogP contribution is 2.10. The minimum Gasteiger partial charge on any atom is -0.151 e. The molecule has 0 radical (unpaired) electrons. The second-order valence-electron chi connectivity index (χ2n) is 2.97. The number of hydrogen-bond acceptors (Lipinski definition) is 1. The number of aryl methyl sites for hydroxylation is 1. The van der Waals surface area contributed by atoms with Crippen LogP contribution in [0.15, 0.2) is 12.1 Å². The minimum absolute atomic E-state index is 1.22. The molecule has 1 heterocycles. The topological polar surface area (TPSA) is 0 Å². The lowest BCUT2D eigenvalue weighted by Gasteiger charge is -1.94. The fraction of sp³-hybridized carbons (Fsp3) is 0.556. The largest absolute Gasteiger partial charge is 0.151 e. The van der Waals surface area contributed by atoms with Gasteiger partial charge < -0.3 is 0 Å². The lowest BCUT2D eigenvalue weighted by molar-refractivity contribution is 0.722. The van der Waals surface area contributed by atoms with E-state index in [1.165, 1.54) is 35.9 Å². The molecule has 0 fully saturated rings. The zero-order valence-corrected chi connectivity index (χ0v) is 10.2. The van der Waals surface area contributed by atoms with Crippen LogP contribution in [0.2, 0.25) is 0 Å². The third-order valence-corrected chi connectivity index (χ3v) is 3.83. The van der Waals surface area contributed by atoms with Gasteiger partial charge in [-0.25, -0.2) is 0 Å². The monoisotopic (exact) mass is 184 g/mol. The Morgan fingerprint density at radius 3 is 2.73 bits per heavy atom. The van der Waals surface area contributed by atoms with Gasteiger partial charge in [0.1, 0.15) is 0 Å². The first-order valence-electron chi connectivity index (χ1n) is 4.38. The van der Waals surface area contributed by atoms with Gasteiger partial charge in [0.25, 0.3) is 0 Å². The Morgan fingerprint density at radius 1 is 1.36 bits per heavy atom. The van der Waals surface area contributed by atoms with Gasteiger partial charge in [-0.2, -0.15) is 11.3 Å². The summed E-state index contributed by atoms with van der Waals surface area (Å²) < 4.78 is 1.58. The first kappa shape index (κ1) is 9.01. The molecule has 0 aliphatic carbocycles. The standard InChI is InChI=1S/C9H16SSi/c1-2-3-4-5-8-6-7-9(11)10-8/h6-7H,2-5H2,1,11H3. The van der Waals surface area contributed by atoms with Crippen LogP contribution in [-0.4, -0.2) is 10.2 Å². The Kier molecular flexibility index (Phi) is 3.87. The number of hydrogen-bond donors (Lipinski definition) is 0. The van der Waals surface area contributed by atoms with Crippen molar-refractivity contribution in [1.82, 2.24) is 0 Å². The maximum Gasteiger partial charge on any atom is 0.0514 e. The lowest BCUT2D eigenvalue weighted by Crippen LogP contribution is -1.89. The normalized spacial score (nSPS) is 10.6. The summed E-state index contributed by atoms with van der Waals surface area (Å²) in [7, 11) is 1.22. The van der Waals surface area contributed by atoms with Crippen molar-refractivity contribution >= 4 is 26.1 Å². The Bertz CT molecular complexity index is 205. The summed E-state index contributed by atoms with van der Waals surface area (Å²) in [6, 6.07) is 4.57. The molecule has 0 aromatic carbocycles. The van der Waals surface area contributed by atoms with Gasteiger partial charge in [-0.3, -0.25) is 0 Å². The van der Waals surface area contributed by atoms with Crippen molar-refractivity contribution in [2.75, 3.05) is 0 Å². The van der Waals surface area contributed by atoms with Gasteiger partial charge in [-0.15, -0.1) is 0 Å². The minimum atomic E-state index is 1.22. The van der Waals surface area contributed by atoms with Gasteiger partial charge in [-0.1, -0.05) is 25.8 Å². The molecule has 0 nitrogen and oxygen atoms in total. The third-order valence-electron chi connectivity index (χ3n) is 1.82. The van der Waals surface area contributed by atoms with Gasteiger partial charge in [-0.05, 0) is 23.4 Å². The third kappa shape index (κ3) is 3.21. The van der Waals surface area contributed by atoms with E-state index in [0.717, 1.165) is 0 Å². The Labute approximate surface area is 76.1 Å². The molecule has 0 unspecified atom stereocenters. The van der Waals surface area contributed by atoms with Crippen molar-refractivity contribution < 1.29 is 0 Å². The molecule has 11 heavy (non-hydrogen) atoms. The van der Waals surface area contributed by atoms with Crippen molar-refractivity contribution in [3.8, 4) is 0 Å². The summed E-state index contributed by atoms with van der Waals surface area (Å²) in [5.74, 6) is 0. The van der Waals surface area contributed by atoms with Crippen LogP contribution in [-0.2, 0) is 6.42 Å². The smallest absolute Gasteiger partial charge is 0.0514 e. The highest BCUT2D eigenvalue weighted by atomic mass is 32.1. The summed E-state index contributed by atoms with van der Waals surface area (Å²) in [5, 5.41) is 0. The molecule has 0 saturated heterocycles. The molecule has 1 aromatic rings. The molecule has 0 bridgehead atoms. The van der Waals surface area contributed by atoms with Crippen LogP contribution in [0.5, 0.6) is 0 Å². The van der Waals surface area contributed by atoms with Crippen molar-refractivity contribution in [1.29, 1.82) is 0 Å². The molecular formula is C9H16SSi.